The molecule has 1 saturated carbocycles. The van der Waals surface area contributed by atoms with Crippen molar-refractivity contribution in [3.63, 3.8) is 0 Å². The Morgan fingerprint density at radius 2 is 1.43 bits per heavy atom. The average Bonchev–Trinajstić information content (AvgIpc) is 3.18. The summed E-state index contributed by atoms with van der Waals surface area (Å²) in [7, 11) is 1.11. The Balaban J connectivity index is 1.63. The Labute approximate surface area is 310 Å². The summed E-state index contributed by atoms with van der Waals surface area (Å²) in [5.74, 6) is -0.544. The summed E-state index contributed by atoms with van der Waals surface area (Å²) >= 11 is 0. The van der Waals surface area contributed by atoms with Crippen LogP contribution in [0.1, 0.15) is 43.2 Å². The van der Waals surface area contributed by atoms with Gasteiger partial charge >= 0.3 is 0 Å². The maximum atomic E-state index is 14.9. The molecule has 1 atom stereocenters. The molecule has 11 nitrogen and oxygen atoms in total. The van der Waals surface area contributed by atoms with Gasteiger partial charge in [-0.2, -0.15) is 0 Å². The topological polar surface area (TPSA) is 124 Å². The number of sulfonamides is 1. The molecule has 282 valence electrons. The van der Waals surface area contributed by atoms with E-state index in [1.54, 1.807) is 12.1 Å². The quantitative estimate of drug-likeness (QED) is 0.145. The number of benzene rings is 4. The summed E-state index contributed by atoms with van der Waals surface area (Å²) < 4.78 is 66.2. The number of methoxy groups -OCH3 is 4. The van der Waals surface area contributed by atoms with Crippen LogP contribution in [0.3, 0.4) is 0 Å². The van der Waals surface area contributed by atoms with E-state index < -0.39 is 34.3 Å². The van der Waals surface area contributed by atoms with Gasteiger partial charge in [0.25, 0.3) is 10.0 Å². The second-order valence-electron chi connectivity index (χ2n) is 12.8. The lowest BCUT2D eigenvalue weighted by atomic mass is 9.94. The standard InChI is InChI=1S/C40H46FN3O8S/c1-49-32-19-21-36(50-2)34(24-32)44(53(47,48)33-20-22-37(51-3)38(25-33)52-4)27-39(45)43(26-29-15-17-30(41)18-16-29)35(23-28-11-7-5-8-12-28)40(46)42-31-13-9-6-10-14-31/h5,7-8,11-12,15-22,24-25,31,35H,6,9-10,13-14,23,26-27H2,1-4H3,(H,42,46)/t35-/m0/s1. The van der Waals surface area contributed by atoms with E-state index in [1.807, 2.05) is 30.3 Å². The minimum Gasteiger partial charge on any atom is -0.497 e. The van der Waals surface area contributed by atoms with Gasteiger partial charge in [0.15, 0.2) is 11.5 Å². The lowest BCUT2D eigenvalue weighted by Gasteiger charge is -2.35. The molecular formula is C40H46FN3O8S. The van der Waals surface area contributed by atoms with Crippen LogP contribution in [-0.4, -0.2) is 72.2 Å². The largest absolute Gasteiger partial charge is 0.497 e. The highest BCUT2D eigenvalue weighted by molar-refractivity contribution is 7.92. The molecule has 0 radical (unpaired) electrons. The lowest BCUT2D eigenvalue weighted by molar-refractivity contribution is -0.140. The van der Waals surface area contributed by atoms with Crippen molar-refractivity contribution in [1.82, 2.24) is 10.2 Å². The van der Waals surface area contributed by atoms with E-state index >= 15 is 0 Å². The molecule has 0 unspecified atom stereocenters. The van der Waals surface area contributed by atoms with Crippen molar-refractivity contribution in [2.75, 3.05) is 39.3 Å². The van der Waals surface area contributed by atoms with Crippen molar-refractivity contribution < 1.29 is 41.3 Å². The van der Waals surface area contributed by atoms with Gasteiger partial charge in [-0.1, -0.05) is 61.7 Å². The van der Waals surface area contributed by atoms with Crippen molar-refractivity contribution in [2.45, 2.75) is 62.0 Å². The first kappa shape index (κ1) is 38.9. The van der Waals surface area contributed by atoms with E-state index in [0.717, 1.165) is 42.0 Å². The second kappa shape index (κ2) is 18.0. The summed E-state index contributed by atoms with van der Waals surface area (Å²) in [6.45, 7) is -0.836. The second-order valence-corrected chi connectivity index (χ2v) is 14.6. The normalized spacial score (nSPS) is 13.8. The molecule has 0 aromatic heterocycles. The number of halogens is 1. The number of nitrogens with one attached hydrogen (secondary N) is 1. The Bertz CT molecular complexity index is 1950. The van der Waals surface area contributed by atoms with E-state index in [1.165, 1.54) is 81.9 Å². The molecule has 1 aliphatic carbocycles. The molecule has 0 spiro atoms. The third-order valence-corrected chi connectivity index (χ3v) is 11.1. The number of ether oxygens (including phenoxy) is 4. The minimum atomic E-state index is -4.54. The van der Waals surface area contributed by atoms with Gasteiger partial charge in [-0.3, -0.25) is 13.9 Å². The first-order valence-corrected chi connectivity index (χ1v) is 18.9. The zero-order chi connectivity index (χ0) is 38.0. The Morgan fingerprint density at radius 3 is 2.08 bits per heavy atom. The minimum absolute atomic E-state index is 0.0305. The number of nitrogens with zero attached hydrogens (tertiary/aromatic N) is 2. The summed E-state index contributed by atoms with van der Waals surface area (Å²) in [5.41, 5.74) is 1.39. The van der Waals surface area contributed by atoms with Gasteiger partial charge in [0.2, 0.25) is 11.8 Å². The van der Waals surface area contributed by atoms with Crippen molar-refractivity contribution in [3.8, 4) is 23.0 Å². The molecule has 1 fully saturated rings. The molecule has 53 heavy (non-hydrogen) atoms. The van der Waals surface area contributed by atoms with Gasteiger partial charge in [-0.15, -0.1) is 0 Å². The van der Waals surface area contributed by atoms with Gasteiger partial charge in [-0.05, 0) is 60.4 Å². The highest BCUT2D eigenvalue weighted by Gasteiger charge is 2.37. The molecule has 2 amide bonds. The van der Waals surface area contributed by atoms with Crippen LogP contribution in [0.15, 0.2) is 95.9 Å². The number of hydrogen-bond donors (Lipinski definition) is 1. The molecule has 1 N–H and O–H groups in total. The van der Waals surface area contributed by atoms with Gasteiger partial charge in [0, 0.05) is 31.1 Å². The number of rotatable bonds is 16. The Hall–Kier alpha value is -5.30. The molecular weight excluding hydrogens is 702 g/mol. The molecule has 0 saturated heterocycles. The fourth-order valence-electron chi connectivity index (χ4n) is 6.49. The number of amides is 2. The van der Waals surface area contributed by atoms with Crippen LogP contribution >= 0.6 is 0 Å². The smallest absolute Gasteiger partial charge is 0.265 e. The summed E-state index contributed by atoms with van der Waals surface area (Å²) in [6.07, 6.45) is 4.85. The zero-order valence-corrected chi connectivity index (χ0v) is 31.2. The summed E-state index contributed by atoms with van der Waals surface area (Å²) in [6, 6.07) is 22.6. The third kappa shape index (κ3) is 9.58. The van der Waals surface area contributed by atoms with E-state index in [0.29, 0.717) is 17.1 Å². The third-order valence-electron chi connectivity index (χ3n) is 9.37. The van der Waals surface area contributed by atoms with Crippen molar-refractivity contribution >= 4 is 27.5 Å². The number of carbonyl (C=O) groups is 2. The van der Waals surface area contributed by atoms with E-state index in [9.17, 15) is 22.4 Å². The van der Waals surface area contributed by atoms with E-state index in [2.05, 4.69) is 5.32 Å². The van der Waals surface area contributed by atoms with Crippen molar-refractivity contribution in [1.29, 1.82) is 0 Å². The molecule has 13 heteroatoms. The monoisotopic (exact) mass is 747 g/mol. The van der Waals surface area contributed by atoms with Crippen LogP contribution in [0.2, 0.25) is 0 Å². The molecule has 0 bridgehead atoms. The SMILES string of the molecule is COc1ccc(OC)c(N(CC(=O)N(Cc2ccc(F)cc2)[C@@H](Cc2ccccc2)C(=O)NC2CCCCC2)S(=O)(=O)c2ccc(OC)c(OC)c2)c1. The number of carbonyl (C=O) groups excluding carboxylic acids is 2. The van der Waals surface area contributed by atoms with Crippen LogP contribution in [0, 0.1) is 5.82 Å². The molecule has 4 aromatic carbocycles. The van der Waals surface area contributed by atoms with Crippen LogP contribution in [-0.2, 0) is 32.6 Å². The Kier molecular flexibility index (Phi) is 13.2. The lowest BCUT2D eigenvalue weighted by Crippen LogP contribution is -2.55. The molecule has 1 aliphatic rings. The van der Waals surface area contributed by atoms with Gasteiger partial charge in [0.05, 0.1) is 39.0 Å². The van der Waals surface area contributed by atoms with Crippen LogP contribution < -0.4 is 28.6 Å². The highest BCUT2D eigenvalue weighted by atomic mass is 32.2. The summed E-state index contributed by atoms with van der Waals surface area (Å²) in [5, 5.41) is 3.18. The molecule has 0 heterocycles. The number of hydrogen-bond acceptors (Lipinski definition) is 8. The van der Waals surface area contributed by atoms with Crippen LogP contribution in [0.25, 0.3) is 0 Å². The maximum absolute atomic E-state index is 14.9. The van der Waals surface area contributed by atoms with Crippen molar-refractivity contribution in [2.24, 2.45) is 0 Å². The predicted octanol–water partition coefficient (Wildman–Crippen LogP) is 6.14. The van der Waals surface area contributed by atoms with E-state index in [-0.39, 0.29) is 47.0 Å². The van der Waals surface area contributed by atoms with Gasteiger partial charge in [-0.25, -0.2) is 12.8 Å². The predicted molar refractivity (Wildman–Crippen MR) is 200 cm³/mol. The summed E-state index contributed by atoms with van der Waals surface area (Å²) in [4.78, 5) is 30.5. The highest BCUT2D eigenvalue weighted by Crippen LogP contribution is 2.38. The average molecular weight is 748 g/mol. The molecule has 4 aromatic rings. The van der Waals surface area contributed by atoms with Crippen molar-refractivity contribution in [3.05, 3.63) is 108 Å². The van der Waals surface area contributed by atoms with E-state index in [4.69, 9.17) is 18.9 Å². The van der Waals surface area contributed by atoms with Crippen LogP contribution in [0.5, 0.6) is 23.0 Å². The molecule has 0 aliphatic heterocycles. The Morgan fingerprint density at radius 1 is 0.774 bits per heavy atom. The maximum Gasteiger partial charge on any atom is 0.265 e. The first-order chi connectivity index (χ1) is 25.6. The molecule has 5 rings (SSSR count). The van der Waals surface area contributed by atoms with Gasteiger partial charge < -0.3 is 29.2 Å². The number of anilines is 1. The van der Waals surface area contributed by atoms with Crippen LogP contribution in [0.4, 0.5) is 10.1 Å². The first-order valence-electron chi connectivity index (χ1n) is 17.4. The fraction of sp³-hybridized carbons (Fsp3) is 0.350. The van der Waals surface area contributed by atoms with Gasteiger partial charge in [0.1, 0.15) is 29.9 Å². The fourth-order valence-corrected chi connectivity index (χ4v) is 7.93. The zero-order valence-electron chi connectivity index (χ0n) is 30.4.